The van der Waals surface area contributed by atoms with E-state index in [4.69, 9.17) is 11.6 Å². The van der Waals surface area contributed by atoms with Crippen LogP contribution in [0.5, 0.6) is 0 Å². The number of nitrogens with one attached hydrogen (secondary N) is 1. The summed E-state index contributed by atoms with van der Waals surface area (Å²) < 4.78 is 0. The number of benzene rings is 1. The van der Waals surface area contributed by atoms with Gasteiger partial charge in [-0.3, -0.25) is 4.79 Å². The first-order chi connectivity index (χ1) is 7.22. The summed E-state index contributed by atoms with van der Waals surface area (Å²) >= 11 is 9.12. The predicted molar refractivity (Wildman–Crippen MR) is 67.7 cm³/mol. The van der Waals surface area contributed by atoms with Crippen molar-refractivity contribution < 1.29 is 4.79 Å². The van der Waals surface area contributed by atoms with Gasteiger partial charge in [-0.1, -0.05) is 33.6 Å². The van der Waals surface area contributed by atoms with Crippen LogP contribution in [0.1, 0.15) is 19.3 Å². The van der Waals surface area contributed by atoms with Crippen molar-refractivity contribution in [2.45, 2.75) is 19.3 Å². The molecule has 0 aliphatic carbocycles. The standard InChI is InChI=1S/C11H13BrClNO/c12-7-2-1-6-11(15)14-10-5-3-4-9(13)8-10/h3-5,8H,1-2,6-7H2,(H,14,15). The monoisotopic (exact) mass is 289 g/mol. The Morgan fingerprint density at radius 2 is 2.20 bits per heavy atom. The van der Waals surface area contributed by atoms with Gasteiger partial charge in [0.2, 0.25) is 5.91 Å². The van der Waals surface area contributed by atoms with E-state index in [1.165, 1.54) is 0 Å². The minimum absolute atomic E-state index is 0.0400. The second-order valence-corrected chi connectivity index (χ2v) is 4.43. The van der Waals surface area contributed by atoms with Crippen molar-refractivity contribution in [1.29, 1.82) is 0 Å². The molecule has 1 N–H and O–H groups in total. The molecule has 0 aromatic heterocycles. The molecule has 0 bridgehead atoms. The van der Waals surface area contributed by atoms with Crippen LogP contribution in [0.3, 0.4) is 0 Å². The Morgan fingerprint density at radius 1 is 1.40 bits per heavy atom. The van der Waals surface area contributed by atoms with E-state index in [0.29, 0.717) is 11.4 Å². The summed E-state index contributed by atoms with van der Waals surface area (Å²) in [6.07, 6.45) is 2.47. The fraction of sp³-hybridized carbons (Fsp3) is 0.364. The lowest BCUT2D eigenvalue weighted by molar-refractivity contribution is -0.116. The number of hydrogen-bond acceptors (Lipinski definition) is 1. The molecule has 1 rings (SSSR count). The number of halogens is 2. The first kappa shape index (κ1) is 12.5. The van der Waals surface area contributed by atoms with Crippen molar-refractivity contribution >= 4 is 39.1 Å². The average molecular weight is 291 g/mol. The van der Waals surface area contributed by atoms with E-state index in [0.717, 1.165) is 23.9 Å². The molecule has 0 atom stereocenters. The van der Waals surface area contributed by atoms with Crippen molar-refractivity contribution in [2.24, 2.45) is 0 Å². The number of alkyl halides is 1. The van der Waals surface area contributed by atoms with E-state index in [-0.39, 0.29) is 5.91 Å². The minimum atomic E-state index is 0.0400. The highest BCUT2D eigenvalue weighted by atomic mass is 79.9. The van der Waals surface area contributed by atoms with Gasteiger partial charge in [-0.15, -0.1) is 0 Å². The number of hydrogen-bond donors (Lipinski definition) is 1. The van der Waals surface area contributed by atoms with Gasteiger partial charge in [0.25, 0.3) is 0 Å². The molecule has 0 saturated carbocycles. The lowest BCUT2D eigenvalue weighted by Gasteiger charge is -2.04. The summed E-state index contributed by atoms with van der Waals surface area (Å²) in [5.74, 6) is 0.0400. The first-order valence-corrected chi connectivity index (χ1v) is 6.33. The highest BCUT2D eigenvalue weighted by Crippen LogP contribution is 2.15. The summed E-state index contributed by atoms with van der Waals surface area (Å²) in [5, 5.41) is 4.38. The van der Waals surface area contributed by atoms with Crippen LogP contribution in [0.25, 0.3) is 0 Å². The number of unbranched alkanes of at least 4 members (excludes halogenated alkanes) is 1. The Balaban J connectivity index is 2.37. The molecule has 0 spiro atoms. The fourth-order valence-corrected chi connectivity index (χ4v) is 1.76. The molecular formula is C11H13BrClNO. The molecule has 1 aromatic carbocycles. The smallest absolute Gasteiger partial charge is 0.224 e. The van der Waals surface area contributed by atoms with E-state index in [2.05, 4.69) is 21.2 Å². The normalized spacial score (nSPS) is 10.0. The number of carbonyl (C=O) groups is 1. The Morgan fingerprint density at radius 3 is 2.87 bits per heavy atom. The van der Waals surface area contributed by atoms with Gasteiger partial charge in [0, 0.05) is 22.5 Å². The highest BCUT2D eigenvalue weighted by Gasteiger charge is 2.01. The summed E-state index contributed by atoms with van der Waals surface area (Å²) in [7, 11) is 0. The fourth-order valence-electron chi connectivity index (χ4n) is 1.17. The zero-order valence-electron chi connectivity index (χ0n) is 8.30. The zero-order valence-corrected chi connectivity index (χ0v) is 10.6. The van der Waals surface area contributed by atoms with Crippen molar-refractivity contribution in [3.05, 3.63) is 29.3 Å². The van der Waals surface area contributed by atoms with Gasteiger partial charge in [0.15, 0.2) is 0 Å². The number of carbonyl (C=O) groups excluding carboxylic acids is 1. The topological polar surface area (TPSA) is 29.1 Å². The third-order valence-corrected chi connectivity index (χ3v) is 2.69. The number of anilines is 1. The summed E-state index contributed by atoms with van der Waals surface area (Å²) in [6.45, 7) is 0. The van der Waals surface area contributed by atoms with Crippen molar-refractivity contribution in [2.75, 3.05) is 10.6 Å². The number of rotatable bonds is 5. The van der Waals surface area contributed by atoms with E-state index in [1.54, 1.807) is 12.1 Å². The molecule has 1 aromatic rings. The van der Waals surface area contributed by atoms with Crippen LogP contribution in [-0.2, 0) is 4.79 Å². The minimum Gasteiger partial charge on any atom is -0.326 e. The zero-order chi connectivity index (χ0) is 11.1. The van der Waals surface area contributed by atoms with Crippen LogP contribution < -0.4 is 5.32 Å². The van der Waals surface area contributed by atoms with Crippen molar-refractivity contribution in [1.82, 2.24) is 0 Å². The Bertz CT molecular complexity index is 330. The van der Waals surface area contributed by atoms with Crippen LogP contribution >= 0.6 is 27.5 Å². The van der Waals surface area contributed by atoms with Gasteiger partial charge in [-0.25, -0.2) is 0 Å². The lowest BCUT2D eigenvalue weighted by atomic mass is 10.2. The van der Waals surface area contributed by atoms with Crippen LogP contribution in [0, 0.1) is 0 Å². The van der Waals surface area contributed by atoms with Crippen molar-refractivity contribution in [3.63, 3.8) is 0 Å². The van der Waals surface area contributed by atoms with Crippen molar-refractivity contribution in [3.8, 4) is 0 Å². The lowest BCUT2D eigenvalue weighted by Crippen LogP contribution is -2.10. The molecule has 82 valence electrons. The van der Waals surface area contributed by atoms with Gasteiger partial charge >= 0.3 is 0 Å². The molecule has 0 unspecified atom stereocenters. The van der Waals surface area contributed by atoms with E-state index >= 15 is 0 Å². The third-order valence-electron chi connectivity index (χ3n) is 1.90. The van der Waals surface area contributed by atoms with Crippen LogP contribution in [0.2, 0.25) is 5.02 Å². The molecule has 0 heterocycles. The van der Waals surface area contributed by atoms with E-state index < -0.39 is 0 Å². The van der Waals surface area contributed by atoms with E-state index in [9.17, 15) is 4.79 Å². The molecule has 15 heavy (non-hydrogen) atoms. The summed E-state index contributed by atoms with van der Waals surface area (Å²) in [4.78, 5) is 11.4. The summed E-state index contributed by atoms with van der Waals surface area (Å²) in [6, 6.07) is 7.16. The molecule has 4 heteroatoms. The largest absolute Gasteiger partial charge is 0.326 e. The maximum atomic E-state index is 11.4. The van der Waals surface area contributed by atoms with Crippen LogP contribution in [-0.4, -0.2) is 11.2 Å². The van der Waals surface area contributed by atoms with Gasteiger partial charge < -0.3 is 5.32 Å². The maximum absolute atomic E-state index is 11.4. The Hall–Kier alpha value is -0.540. The molecule has 0 saturated heterocycles. The second-order valence-electron chi connectivity index (χ2n) is 3.20. The predicted octanol–water partition coefficient (Wildman–Crippen LogP) is 3.84. The average Bonchev–Trinajstić information content (AvgIpc) is 2.18. The second kappa shape index (κ2) is 6.85. The van der Waals surface area contributed by atoms with Crippen LogP contribution in [0.4, 0.5) is 5.69 Å². The highest BCUT2D eigenvalue weighted by molar-refractivity contribution is 9.09. The first-order valence-electron chi connectivity index (χ1n) is 4.84. The maximum Gasteiger partial charge on any atom is 0.224 e. The van der Waals surface area contributed by atoms with Gasteiger partial charge in [0.1, 0.15) is 0 Å². The quantitative estimate of drug-likeness (QED) is 0.648. The van der Waals surface area contributed by atoms with Crippen LogP contribution in [0.15, 0.2) is 24.3 Å². The van der Waals surface area contributed by atoms with Gasteiger partial charge in [-0.2, -0.15) is 0 Å². The third kappa shape index (κ3) is 5.19. The Labute approximate surface area is 103 Å². The van der Waals surface area contributed by atoms with Gasteiger partial charge in [0.05, 0.1) is 0 Å². The molecule has 2 nitrogen and oxygen atoms in total. The molecule has 0 aliphatic heterocycles. The molecule has 1 amide bonds. The SMILES string of the molecule is O=C(CCCCBr)Nc1cccc(Cl)c1. The molecule has 0 radical (unpaired) electrons. The summed E-state index contributed by atoms with van der Waals surface area (Å²) in [5.41, 5.74) is 0.756. The molecule has 0 fully saturated rings. The van der Waals surface area contributed by atoms with Gasteiger partial charge in [-0.05, 0) is 31.0 Å². The van der Waals surface area contributed by atoms with E-state index in [1.807, 2.05) is 12.1 Å². The molecule has 0 aliphatic rings. The number of amides is 1. The Kier molecular flexibility index (Phi) is 5.73. The molecular weight excluding hydrogens is 277 g/mol.